The molecule has 25 heavy (non-hydrogen) atoms. The summed E-state index contributed by atoms with van der Waals surface area (Å²) in [4.78, 5) is 25.6. The maximum absolute atomic E-state index is 12.9. The van der Waals surface area contributed by atoms with Gasteiger partial charge in [-0.15, -0.1) is 0 Å². The maximum atomic E-state index is 12.9. The highest BCUT2D eigenvalue weighted by Crippen LogP contribution is 2.29. The lowest BCUT2D eigenvalue weighted by Crippen LogP contribution is -2.42. The van der Waals surface area contributed by atoms with Crippen molar-refractivity contribution in [2.45, 2.75) is 19.4 Å². The number of hydrogen-bond donors (Lipinski definition) is 1. The molecule has 2 heterocycles. The van der Waals surface area contributed by atoms with E-state index in [2.05, 4.69) is 0 Å². The number of nitrogens with zero attached hydrogens (tertiary/aromatic N) is 1. The Hall–Kier alpha value is -2.31. The van der Waals surface area contributed by atoms with E-state index >= 15 is 0 Å². The predicted octanol–water partition coefficient (Wildman–Crippen LogP) is 3.08. The third kappa shape index (κ3) is 3.70. The van der Waals surface area contributed by atoms with Crippen molar-refractivity contribution in [1.29, 1.82) is 0 Å². The number of benzene rings is 1. The molecule has 0 radical (unpaired) electrons. The average Bonchev–Trinajstić information content (AvgIpc) is 2.94. The summed E-state index contributed by atoms with van der Waals surface area (Å²) in [6, 6.07) is 7.37. The first-order valence-corrected chi connectivity index (χ1v) is 8.29. The van der Waals surface area contributed by atoms with Crippen LogP contribution in [0.25, 0.3) is 0 Å². The quantitative estimate of drug-likeness (QED) is 0.902. The molecule has 7 heteroatoms. The highest BCUT2D eigenvalue weighted by atomic mass is 35.5. The van der Waals surface area contributed by atoms with E-state index in [1.807, 2.05) is 18.2 Å². The number of hydrogen-bond acceptors (Lipinski definition) is 4. The zero-order chi connectivity index (χ0) is 18.0. The predicted molar refractivity (Wildman–Crippen MR) is 90.8 cm³/mol. The zero-order valence-corrected chi connectivity index (χ0v) is 14.5. The molecular weight excluding hydrogens is 346 g/mol. The second kappa shape index (κ2) is 7.29. The number of carbonyl (C=O) groups is 2. The average molecular weight is 364 g/mol. The third-order valence-electron chi connectivity index (χ3n) is 4.18. The smallest absolute Gasteiger partial charge is 0.311 e. The highest BCUT2D eigenvalue weighted by molar-refractivity contribution is 6.31. The van der Waals surface area contributed by atoms with E-state index in [4.69, 9.17) is 25.9 Å². The van der Waals surface area contributed by atoms with Crippen LogP contribution in [0.5, 0.6) is 0 Å². The molecule has 6 nitrogen and oxygen atoms in total. The molecule has 1 aliphatic heterocycles. The van der Waals surface area contributed by atoms with E-state index in [0.717, 1.165) is 5.56 Å². The van der Waals surface area contributed by atoms with Gasteiger partial charge in [-0.3, -0.25) is 9.59 Å². The first-order valence-electron chi connectivity index (χ1n) is 7.91. The molecule has 1 N–H and O–H groups in total. The molecule has 0 saturated carbocycles. The van der Waals surface area contributed by atoms with Gasteiger partial charge in [0.15, 0.2) is 0 Å². The van der Waals surface area contributed by atoms with Crippen molar-refractivity contribution < 1.29 is 23.8 Å². The lowest BCUT2D eigenvalue weighted by atomic mass is 10.1. The van der Waals surface area contributed by atoms with Crippen LogP contribution in [0.4, 0.5) is 0 Å². The molecular formula is C18H18ClNO5. The number of furan rings is 1. The van der Waals surface area contributed by atoms with Gasteiger partial charge in [0.05, 0.1) is 25.0 Å². The van der Waals surface area contributed by atoms with Crippen molar-refractivity contribution in [2.24, 2.45) is 0 Å². The number of amides is 1. The Kier molecular flexibility index (Phi) is 5.11. The van der Waals surface area contributed by atoms with Crippen LogP contribution in [0, 0.1) is 6.92 Å². The fourth-order valence-electron chi connectivity index (χ4n) is 2.97. The molecule has 3 rings (SSSR count). The van der Waals surface area contributed by atoms with Gasteiger partial charge in [0.25, 0.3) is 5.91 Å². The molecule has 2 aromatic rings. The van der Waals surface area contributed by atoms with E-state index in [-0.39, 0.29) is 24.2 Å². The zero-order valence-electron chi connectivity index (χ0n) is 13.7. The van der Waals surface area contributed by atoms with E-state index in [0.29, 0.717) is 35.8 Å². The van der Waals surface area contributed by atoms with Gasteiger partial charge in [0, 0.05) is 22.7 Å². The van der Waals surface area contributed by atoms with Gasteiger partial charge in [-0.05, 0) is 13.0 Å². The first-order chi connectivity index (χ1) is 12.0. The van der Waals surface area contributed by atoms with Crippen LogP contribution in [0.2, 0.25) is 5.02 Å². The van der Waals surface area contributed by atoms with Crippen molar-refractivity contribution >= 4 is 23.5 Å². The minimum atomic E-state index is -1.04. The molecule has 1 amide bonds. The summed E-state index contributed by atoms with van der Waals surface area (Å²) in [6.45, 7) is 2.89. The number of carboxylic acid groups (broad SMARTS) is 1. The largest absolute Gasteiger partial charge is 0.481 e. The Morgan fingerprint density at radius 3 is 2.84 bits per heavy atom. The lowest BCUT2D eigenvalue weighted by Gasteiger charge is -2.33. The van der Waals surface area contributed by atoms with Gasteiger partial charge >= 0.3 is 5.97 Å². The molecule has 0 aliphatic carbocycles. The van der Waals surface area contributed by atoms with E-state index in [9.17, 15) is 9.59 Å². The summed E-state index contributed by atoms with van der Waals surface area (Å²) in [7, 11) is 0. The van der Waals surface area contributed by atoms with E-state index in [1.165, 1.54) is 6.26 Å². The number of halogens is 1. The Balaban J connectivity index is 1.82. The van der Waals surface area contributed by atoms with Crippen LogP contribution in [-0.4, -0.2) is 41.6 Å². The number of ether oxygens (including phenoxy) is 1. The second-order valence-corrected chi connectivity index (χ2v) is 6.33. The van der Waals surface area contributed by atoms with Crippen molar-refractivity contribution in [1.82, 2.24) is 4.90 Å². The maximum Gasteiger partial charge on any atom is 0.311 e. The van der Waals surface area contributed by atoms with Crippen LogP contribution >= 0.6 is 11.6 Å². The van der Waals surface area contributed by atoms with Crippen LogP contribution < -0.4 is 0 Å². The number of carboxylic acids is 1. The van der Waals surface area contributed by atoms with Crippen molar-refractivity contribution in [3.63, 3.8) is 0 Å². The van der Waals surface area contributed by atoms with Crippen molar-refractivity contribution in [3.8, 4) is 0 Å². The number of morpholine rings is 1. The number of rotatable bonds is 4. The number of carbonyl (C=O) groups excluding carboxylic acids is 1. The topological polar surface area (TPSA) is 80.0 Å². The summed E-state index contributed by atoms with van der Waals surface area (Å²) >= 11 is 6.23. The Bertz CT molecular complexity index is 801. The summed E-state index contributed by atoms with van der Waals surface area (Å²) < 4.78 is 11.0. The Labute approximate surface area is 149 Å². The van der Waals surface area contributed by atoms with Crippen LogP contribution in [-0.2, 0) is 16.0 Å². The fourth-order valence-corrected chi connectivity index (χ4v) is 3.23. The molecule has 1 unspecified atom stereocenters. The standard InChI is InChI=1S/C18H18ClNO5/c1-11-10-25-14(8-16(21)22)17(11)18(23)20-6-7-24-15(9-20)12-4-2-3-5-13(12)19/h2-5,10,15H,6-9H2,1H3,(H,21,22). The molecule has 132 valence electrons. The molecule has 0 bridgehead atoms. The monoisotopic (exact) mass is 363 g/mol. The second-order valence-electron chi connectivity index (χ2n) is 5.92. The van der Waals surface area contributed by atoms with Gasteiger partial charge in [-0.2, -0.15) is 0 Å². The van der Waals surface area contributed by atoms with Crippen molar-refractivity contribution in [3.05, 3.63) is 58.0 Å². The molecule has 1 saturated heterocycles. The minimum absolute atomic E-state index is 0.177. The molecule has 1 aliphatic rings. The van der Waals surface area contributed by atoms with Gasteiger partial charge in [-0.1, -0.05) is 29.8 Å². The SMILES string of the molecule is Cc1coc(CC(=O)O)c1C(=O)N1CCOC(c2ccccc2Cl)C1. The summed E-state index contributed by atoms with van der Waals surface area (Å²) in [6.07, 6.45) is 0.770. The normalized spacial score (nSPS) is 17.5. The van der Waals surface area contributed by atoms with E-state index < -0.39 is 5.97 Å². The summed E-state index contributed by atoms with van der Waals surface area (Å²) in [5.74, 6) is -1.11. The summed E-state index contributed by atoms with van der Waals surface area (Å²) in [5, 5.41) is 9.59. The summed E-state index contributed by atoms with van der Waals surface area (Å²) in [5.41, 5.74) is 1.78. The minimum Gasteiger partial charge on any atom is -0.481 e. The lowest BCUT2D eigenvalue weighted by molar-refractivity contribution is -0.136. The fraction of sp³-hybridized carbons (Fsp3) is 0.333. The van der Waals surface area contributed by atoms with Crippen LogP contribution in [0.1, 0.15) is 33.3 Å². The van der Waals surface area contributed by atoms with E-state index in [1.54, 1.807) is 17.9 Å². The van der Waals surface area contributed by atoms with Gasteiger partial charge in [0.2, 0.25) is 0 Å². The van der Waals surface area contributed by atoms with Crippen molar-refractivity contribution in [2.75, 3.05) is 19.7 Å². The molecule has 0 spiro atoms. The Morgan fingerprint density at radius 1 is 1.36 bits per heavy atom. The van der Waals surface area contributed by atoms with Crippen LogP contribution in [0.15, 0.2) is 34.9 Å². The molecule has 1 aromatic carbocycles. The highest BCUT2D eigenvalue weighted by Gasteiger charge is 2.30. The number of aryl methyl sites for hydroxylation is 1. The molecule has 1 fully saturated rings. The van der Waals surface area contributed by atoms with Gasteiger partial charge in [0.1, 0.15) is 18.3 Å². The van der Waals surface area contributed by atoms with Crippen LogP contribution in [0.3, 0.4) is 0 Å². The Morgan fingerprint density at radius 2 is 2.12 bits per heavy atom. The number of aliphatic carboxylic acids is 1. The third-order valence-corrected chi connectivity index (χ3v) is 4.53. The van der Waals surface area contributed by atoms with Gasteiger partial charge < -0.3 is 19.2 Å². The first kappa shape index (κ1) is 17.5. The molecule has 1 aromatic heterocycles. The van der Waals surface area contributed by atoms with Gasteiger partial charge in [-0.25, -0.2) is 0 Å². The molecule has 1 atom stereocenters.